The van der Waals surface area contributed by atoms with Crippen LogP contribution in [0.1, 0.15) is 32.1 Å². The summed E-state index contributed by atoms with van der Waals surface area (Å²) >= 11 is 0. The highest BCUT2D eigenvalue weighted by molar-refractivity contribution is 6.45. The van der Waals surface area contributed by atoms with Crippen LogP contribution < -0.4 is 0 Å². The molecule has 0 aromatic heterocycles. The minimum Gasteiger partial charge on any atom is -0.480 e. The van der Waals surface area contributed by atoms with E-state index in [2.05, 4.69) is 9.71 Å². The van der Waals surface area contributed by atoms with Gasteiger partial charge in [-0.15, -0.1) is 0 Å². The van der Waals surface area contributed by atoms with Crippen molar-refractivity contribution in [1.82, 2.24) is 9.71 Å². The van der Waals surface area contributed by atoms with Crippen LogP contribution in [0, 0.1) is 0 Å². The second kappa shape index (κ2) is 6.04. The Bertz CT molecular complexity index is 293. The third-order valence-corrected chi connectivity index (χ3v) is 4.33. The molecule has 0 saturated carbocycles. The standard InChI is InChI=1S/C12H23BN2O3/c1-13(18)14-8-5-10(6-9-14)15-7-3-2-4-11(15)12(16)17/h10-11,18H,2-9H2,1H3,(H,16,17). The van der Waals surface area contributed by atoms with Gasteiger partial charge in [-0.2, -0.15) is 0 Å². The van der Waals surface area contributed by atoms with Gasteiger partial charge in [0.25, 0.3) is 0 Å². The van der Waals surface area contributed by atoms with E-state index in [9.17, 15) is 14.9 Å². The third-order valence-electron chi connectivity index (χ3n) is 4.33. The summed E-state index contributed by atoms with van der Waals surface area (Å²) in [6, 6.07) is 0.0863. The van der Waals surface area contributed by atoms with E-state index in [1.165, 1.54) is 0 Å². The molecule has 1 unspecified atom stereocenters. The first-order valence-corrected chi connectivity index (χ1v) is 7.00. The van der Waals surface area contributed by atoms with Gasteiger partial charge in [0.05, 0.1) is 0 Å². The van der Waals surface area contributed by atoms with Crippen LogP contribution in [0.25, 0.3) is 0 Å². The van der Waals surface area contributed by atoms with Crippen LogP contribution in [0.15, 0.2) is 0 Å². The van der Waals surface area contributed by atoms with Crippen molar-refractivity contribution < 1.29 is 14.9 Å². The van der Waals surface area contributed by atoms with Gasteiger partial charge in [0.15, 0.2) is 0 Å². The number of aliphatic carboxylic acids is 1. The largest absolute Gasteiger partial charge is 0.480 e. The van der Waals surface area contributed by atoms with Gasteiger partial charge in [0.1, 0.15) is 6.04 Å². The SMILES string of the molecule is CB(O)N1CCC(N2CCCCC2C(=O)O)CC1. The first kappa shape index (κ1) is 13.8. The zero-order chi connectivity index (χ0) is 13.1. The molecule has 0 radical (unpaired) electrons. The Morgan fingerprint density at radius 3 is 2.39 bits per heavy atom. The smallest absolute Gasteiger partial charge is 0.376 e. The van der Waals surface area contributed by atoms with E-state index >= 15 is 0 Å². The van der Waals surface area contributed by atoms with Crippen LogP contribution in [-0.4, -0.2) is 64.6 Å². The number of rotatable bonds is 3. The van der Waals surface area contributed by atoms with Gasteiger partial charge in [-0.05, 0) is 52.1 Å². The predicted octanol–water partition coefficient (Wildman–Crippen LogP) is 0.500. The van der Waals surface area contributed by atoms with Crippen molar-refractivity contribution >= 4 is 13.0 Å². The highest BCUT2D eigenvalue weighted by atomic mass is 16.4. The first-order chi connectivity index (χ1) is 8.59. The maximum Gasteiger partial charge on any atom is 0.376 e. The minimum atomic E-state index is -0.673. The third kappa shape index (κ3) is 3.05. The van der Waals surface area contributed by atoms with Gasteiger partial charge >= 0.3 is 13.0 Å². The Morgan fingerprint density at radius 2 is 1.83 bits per heavy atom. The molecular formula is C12H23BN2O3. The topological polar surface area (TPSA) is 64.0 Å². The molecule has 6 heteroatoms. The molecule has 5 nitrogen and oxygen atoms in total. The van der Waals surface area contributed by atoms with E-state index in [0.29, 0.717) is 6.04 Å². The van der Waals surface area contributed by atoms with E-state index in [0.717, 1.165) is 51.7 Å². The van der Waals surface area contributed by atoms with Crippen molar-refractivity contribution in [2.24, 2.45) is 0 Å². The summed E-state index contributed by atoms with van der Waals surface area (Å²) in [5.74, 6) is -0.673. The number of nitrogens with zero attached hydrogens (tertiary/aromatic N) is 2. The lowest BCUT2D eigenvalue weighted by atomic mass is 9.81. The molecular weight excluding hydrogens is 231 g/mol. The molecule has 2 rings (SSSR count). The molecule has 102 valence electrons. The van der Waals surface area contributed by atoms with Gasteiger partial charge in [0, 0.05) is 6.04 Å². The Morgan fingerprint density at radius 1 is 1.17 bits per heavy atom. The van der Waals surface area contributed by atoms with Crippen molar-refractivity contribution in [3.8, 4) is 0 Å². The normalized spacial score (nSPS) is 28.2. The van der Waals surface area contributed by atoms with Crippen LogP contribution in [0.3, 0.4) is 0 Å². The first-order valence-electron chi connectivity index (χ1n) is 7.00. The van der Waals surface area contributed by atoms with Gasteiger partial charge in [-0.3, -0.25) is 9.69 Å². The Hall–Kier alpha value is -0.585. The summed E-state index contributed by atoms with van der Waals surface area (Å²) in [5, 5.41) is 18.8. The molecule has 2 aliphatic heterocycles. The quantitative estimate of drug-likeness (QED) is 0.718. The Labute approximate surface area is 109 Å². The van der Waals surface area contributed by atoms with Crippen molar-refractivity contribution in [1.29, 1.82) is 0 Å². The zero-order valence-electron chi connectivity index (χ0n) is 11.1. The van der Waals surface area contributed by atoms with Crippen LogP contribution >= 0.6 is 0 Å². The van der Waals surface area contributed by atoms with Crippen molar-refractivity contribution in [2.45, 2.75) is 51.0 Å². The van der Waals surface area contributed by atoms with Crippen LogP contribution in [-0.2, 0) is 4.79 Å². The fourth-order valence-corrected chi connectivity index (χ4v) is 3.25. The molecule has 2 saturated heterocycles. The lowest BCUT2D eigenvalue weighted by Gasteiger charge is -2.43. The van der Waals surface area contributed by atoms with E-state index in [1.54, 1.807) is 6.82 Å². The van der Waals surface area contributed by atoms with Gasteiger partial charge in [-0.25, -0.2) is 0 Å². The molecule has 2 fully saturated rings. The van der Waals surface area contributed by atoms with Gasteiger partial charge < -0.3 is 14.9 Å². The molecule has 0 aromatic rings. The van der Waals surface area contributed by atoms with Crippen LogP contribution in [0.5, 0.6) is 0 Å². The van der Waals surface area contributed by atoms with Gasteiger partial charge in [0.2, 0.25) is 0 Å². The van der Waals surface area contributed by atoms with E-state index < -0.39 is 5.97 Å². The average Bonchev–Trinajstić information content (AvgIpc) is 2.39. The predicted molar refractivity (Wildman–Crippen MR) is 70.4 cm³/mol. The highest BCUT2D eigenvalue weighted by Gasteiger charge is 2.35. The van der Waals surface area contributed by atoms with Crippen molar-refractivity contribution in [3.63, 3.8) is 0 Å². The molecule has 18 heavy (non-hydrogen) atoms. The monoisotopic (exact) mass is 254 g/mol. The summed E-state index contributed by atoms with van der Waals surface area (Å²) in [6.45, 7) is 4.44. The molecule has 0 bridgehead atoms. The molecule has 0 amide bonds. The lowest BCUT2D eigenvalue weighted by Crippen LogP contribution is -2.55. The second-order valence-electron chi connectivity index (χ2n) is 5.49. The summed E-state index contributed by atoms with van der Waals surface area (Å²) < 4.78 is 0. The number of carbonyl (C=O) groups is 1. The minimum absolute atomic E-state index is 0.290. The van der Waals surface area contributed by atoms with Crippen LogP contribution in [0.4, 0.5) is 0 Å². The molecule has 2 heterocycles. The maximum atomic E-state index is 11.3. The number of carboxylic acids is 1. The summed E-state index contributed by atoms with van der Waals surface area (Å²) in [7, 11) is -0.387. The van der Waals surface area contributed by atoms with E-state index in [4.69, 9.17) is 0 Å². The van der Waals surface area contributed by atoms with Crippen molar-refractivity contribution in [3.05, 3.63) is 0 Å². The second-order valence-corrected chi connectivity index (χ2v) is 5.49. The summed E-state index contributed by atoms with van der Waals surface area (Å²) in [5.41, 5.74) is 0. The number of likely N-dealkylation sites (tertiary alicyclic amines) is 1. The average molecular weight is 254 g/mol. The Balaban J connectivity index is 1.93. The molecule has 0 aliphatic carbocycles. The van der Waals surface area contributed by atoms with Crippen molar-refractivity contribution in [2.75, 3.05) is 19.6 Å². The van der Waals surface area contributed by atoms with E-state index in [-0.39, 0.29) is 13.1 Å². The maximum absolute atomic E-state index is 11.3. The van der Waals surface area contributed by atoms with Gasteiger partial charge in [-0.1, -0.05) is 6.42 Å². The Kier molecular flexibility index (Phi) is 4.64. The fourth-order valence-electron chi connectivity index (χ4n) is 3.25. The zero-order valence-corrected chi connectivity index (χ0v) is 11.1. The lowest BCUT2D eigenvalue weighted by molar-refractivity contribution is -0.146. The van der Waals surface area contributed by atoms with E-state index in [1.807, 2.05) is 0 Å². The summed E-state index contributed by atoms with van der Waals surface area (Å²) in [4.78, 5) is 15.5. The molecule has 0 aromatic carbocycles. The highest BCUT2D eigenvalue weighted by Crippen LogP contribution is 2.25. The van der Waals surface area contributed by atoms with Crippen LogP contribution in [0.2, 0.25) is 6.82 Å². The number of piperidine rings is 2. The number of hydrogen-bond acceptors (Lipinski definition) is 4. The summed E-state index contributed by atoms with van der Waals surface area (Å²) in [6.07, 6.45) is 4.86. The molecule has 0 spiro atoms. The number of carboxylic acid groups (broad SMARTS) is 1. The fraction of sp³-hybridized carbons (Fsp3) is 0.917. The number of hydrogen-bond donors (Lipinski definition) is 2. The molecule has 2 aliphatic rings. The molecule has 2 N–H and O–H groups in total. The molecule has 1 atom stereocenters.